The van der Waals surface area contributed by atoms with Crippen molar-refractivity contribution in [3.63, 3.8) is 0 Å². The number of halogens is 3. The van der Waals surface area contributed by atoms with Crippen LogP contribution < -0.4 is 10.4 Å². The smallest absolute Gasteiger partial charge is 0.261 e. The molecule has 0 amide bonds. The van der Waals surface area contributed by atoms with Gasteiger partial charge in [0, 0.05) is 6.61 Å². The van der Waals surface area contributed by atoms with Gasteiger partial charge in [-0.25, -0.2) is 0 Å². The lowest BCUT2D eigenvalue weighted by Gasteiger charge is -2.43. The van der Waals surface area contributed by atoms with Crippen LogP contribution in [0.15, 0.2) is 73.3 Å². The van der Waals surface area contributed by atoms with Gasteiger partial charge in [0.25, 0.3) is 8.32 Å². The summed E-state index contributed by atoms with van der Waals surface area (Å²) in [5, 5.41) is 2.23. The molecule has 0 saturated carbocycles. The van der Waals surface area contributed by atoms with Gasteiger partial charge in [-0.15, -0.1) is 41.4 Å². The first-order valence-corrected chi connectivity index (χ1v) is 15.7. The minimum atomic E-state index is -2.42. The van der Waals surface area contributed by atoms with Gasteiger partial charge in [0.2, 0.25) is 0 Å². The monoisotopic (exact) mass is 538 g/mol. The second kappa shape index (κ2) is 14.7. The van der Waals surface area contributed by atoms with Crippen LogP contribution in [-0.2, 0) is 4.43 Å². The first-order valence-electron chi connectivity index (χ1n) is 12.5. The van der Waals surface area contributed by atoms with E-state index in [4.69, 9.17) is 39.2 Å². The van der Waals surface area contributed by atoms with Gasteiger partial charge in [-0.05, 0) is 34.7 Å². The largest absolute Gasteiger partial charge is 0.407 e. The third-order valence-corrected chi connectivity index (χ3v) is 13.3. The molecule has 0 spiro atoms. The van der Waals surface area contributed by atoms with Crippen LogP contribution in [-0.4, -0.2) is 31.1 Å². The topological polar surface area (TPSA) is 9.23 Å². The molecule has 2 aromatic carbocycles. The molecule has 0 aliphatic carbocycles. The molecule has 0 bridgehead atoms. The van der Waals surface area contributed by atoms with Gasteiger partial charge >= 0.3 is 0 Å². The lowest BCUT2D eigenvalue weighted by molar-refractivity contribution is 0.286. The molecule has 3 atom stereocenters. The predicted molar refractivity (Wildman–Crippen MR) is 155 cm³/mol. The summed E-state index contributed by atoms with van der Waals surface area (Å²) in [5.74, 6) is 0. The van der Waals surface area contributed by atoms with Crippen LogP contribution in [0.25, 0.3) is 0 Å². The zero-order valence-corrected chi connectivity index (χ0v) is 24.3. The highest BCUT2D eigenvalue weighted by Gasteiger charge is 2.49. The van der Waals surface area contributed by atoms with E-state index in [0.717, 1.165) is 38.7 Å². The Hall–Kier alpha value is -0.773. The SMILES string of the molecule is C=CC[C@H](Cl)[C@@H](Cl)[C@H](Cl)CCCCCCCO[Si](c1ccccc1)(c1ccccc1)C(C)(C)C. The molecule has 0 unspecified atom stereocenters. The molecule has 0 saturated heterocycles. The maximum atomic E-state index is 6.97. The second-order valence-electron chi connectivity index (χ2n) is 10.1. The number of rotatable bonds is 15. The minimum absolute atomic E-state index is 0.0229. The van der Waals surface area contributed by atoms with Crippen molar-refractivity contribution in [2.24, 2.45) is 0 Å². The average molecular weight is 540 g/mol. The highest BCUT2D eigenvalue weighted by Crippen LogP contribution is 2.37. The number of hydrogen-bond donors (Lipinski definition) is 0. The standard InChI is InChI=1S/C29H41Cl3OSi/c1-5-17-26(30)28(32)27(31)22-15-7-6-8-16-23-33-34(29(2,3)4,24-18-11-9-12-19-24)25-20-13-10-14-21-25/h5,9-14,18-21,26-28H,1,6-8,15-17,22-23H2,2-4H3/t26-,27+,28+/m0/s1. The van der Waals surface area contributed by atoms with E-state index >= 15 is 0 Å². The third kappa shape index (κ3) is 8.13. The van der Waals surface area contributed by atoms with Crippen LogP contribution >= 0.6 is 34.8 Å². The Kier molecular flexibility index (Phi) is 12.7. The van der Waals surface area contributed by atoms with E-state index in [1.165, 1.54) is 16.8 Å². The molecule has 0 radical (unpaired) electrons. The van der Waals surface area contributed by atoms with Crippen LogP contribution in [0.4, 0.5) is 0 Å². The summed E-state index contributed by atoms with van der Waals surface area (Å²) in [7, 11) is -2.42. The molecule has 188 valence electrons. The van der Waals surface area contributed by atoms with E-state index < -0.39 is 8.32 Å². The summed E-state index contributed by atoms with van der Waals surface area (Å²) in [6, 6.07) is 21.7. The molecule has 0 N–H and O–H groups in total. The quantitative estimate of drug-likeness (QED) is 0.0957. The minimum Gasteiger partial charge on any atom is -0.407 e. The lowest BCUT2D eigenvalue weighted by Crippen LogP contribution is -2.66. The molecule has 2 rings (SSSR count). The van der Waals surface area contributed by atoms with Crippen molar-refractivity contribution in [2.45, 2.75) is 86.9 Å². The molecule has 0 heterocycles. The van der Waals surface area contributed by atoms with E-state index in [0.29, 0.717) is 6.42 Å². The second-order valence-corrected chi connectivity index (χ2v) is 16.0. The molecular formula is C29H41Cl3OSi. The third-order valence-electron chi connectivity index (χ3n) is 6.44. The zero-order valence-electron chi connectivity index (χ0n) is 21.0. The summed E-state index contributed by atoms with van der Waals surface area (Å²) in [5.41, 5.74) is 0. The Morgan fingerprint density at radius 1 is 0.794 bits per heavy atom. The Morgan fingerprint density at radius 2 is 1.29 bits per heavy atom. The van der Waals surface area contributed by atoms with Gasteiger partial charge in [-0.1, -0.05) is 113 Å². The van der Waals surface area contributed by atoms with Crippen LogP contribution in [0.3, 0.4) is 0 Å². The Labute approximate surface area is 224 Å². The Bertz CT molecular complexity index is 783. The Balaban J connectivity index is 1.89. The van der Waals surface area contributed by atoms with Crippen LogP contribution in [0, 0.1) is 0 Å². The van der Waals surface area contributed by atoms with Crippen LogP contribution in [0.1, 0.15) is 65.7 Å². The summed E-state index contributed by atoms with van der Waals surface area (Å²) in [4.78, 5) is 0. The fraction of sp³-hybridized carbons (Fsp3) is 0.517. The summed E-state index contributed by atoms with van der Waals surface area (Å²) < 4.78 is 6.97. The van der Waals surface area contributed by atoms with Gasteiger partial charge in [0.15, 0.2) is 0 Å². The Morgan fingerprint density at radius 3 is 1.79 bits per heavy atom. The molecule has 1 nitrogen and oxygen atoms in total. The van der Waals surface area contributed by atoms with Crippen molar-refractivity contribution in [2.75, 3.05) is 6.61 Å². The van der Waals surface area contributed by atoms with Gasteiger partial charge in [0.05, 0.1) is 16.1 Å². The van der Waals surface area contributed by atoms with E-state index in [2.05, 4.69) is 88.0 Å². The number of benzene rings is 2. The highest BCUT2D eigenvalue weighted by atomic mass is 35.5. The number of hydrogen-bond acceptors (Lipinski definition) is 1. The highest BCUT2D eigenvalue weighted by molar-refractivity contribution is 6.99. The van der Waals surface area contributed by atoms with Crippen molar-refractivity contribution in [1.82, 2.24) is 0 Å². The summed E-state index contributed by atoms with van der Waals surface area (Å²) in [6.45, 7) is 11.5. The molecular weight excluding hydrogens is 499 g/mol. The molecule has 5 heteroatoms. The molecule has 2 aromatic rings. The van der Waals surface area contributed by atoms with Crippen LogP contribution in [0.2, 0.25) is 5.04 Å². The maximum absolute atomic E-state index is 6.97. The van der Waals surface area contributed by atoms with Crippen molar-refractivity contribution < 1.29 is 4.43 Å². The normalized spacial score (nSPS) is 15.0. The fourth-order valence-corrected chi connectivity index (χ4v) is 10.2. The van der Waals surface area contributed by atoms with Gasteiger partial charge in [0.1, 0.15) is 0 Å². The van der Waals surface area contributed by atoms with Gasteiger partial charge in [-0.3, -0.25) is 0 Å². The molecule has 0 aliphatic rings. The first-order chi connectivity index (χ1) is 16.2. The van der Waals surface area contributed by atoms with Crippen molar-refractivity contribution in [1.29, 1.82) is 0 Å². The number of unbranched alkanes of at least 4 members (excludes halogenated alkanes) is 4. The first kappa shape index (κ1) is 29.5. The summed E-state index contributed by atoms with van der Waals surface area (Å²) >= 11 is 19.1. The van der Waals surface area contributed by atoms with Gasteiger partial charge in [-0.2, -0.15) is 0 Å². The number of allylic oxidation sites excluding steroid dienone is 1. The fourth-order valence-electron chi connectivity index (χ4n) is 4.63. The molecule has 0 fully saturated rings. The van der Waals surface area contributed by atoms with Crippen molar-refractivity contribution in [3.8, 4) is 0 Å². The average Bonchev–Trinajstić information content (AvgIpc) is 2.83. The van der Waals surface area contributed by atoms with Crippen molar-refractivity contribution >= 4 is 53.5 Å². The van der Waals surface area contributed by atoms with E-state index in [-0.39, 0.29) is 21.2 Å². The van der Waals surface area contributed by atoms with Gasteiger partial charge < -0.3 is 4.43 Å². The number of alkyl halides is 3. The van der Waals surface area contributed by atoms with Crippen molar-refractivity contribution in [3.05, 3.63) is 73.3 Å². The zero-order chi connectivity index (χ0) is 25.0. The maximum Gasteiger partial charge on any atom is 0.261 e. The summed E-state index contributed by atoms with van der Waals surface area (Å²) in [6.07, 6.45) is 9.01. The van der Waals surface area contributed by atoms with E-state index in [1.54, 1.807) is 6.08 Å². The van der Waals surface area contributed by atoms with Crippen LogP contribution in [0.5, 0.6) is 0 Å². The molecule has 0 aliphatic heterocycles. The predicted octanol–water partition coefficient (Wildman–Crippen LogP) is 8.30. The molecule has 34 heavy (non-hydrogen) atoms. The molecule has 0 aromatic heterocycles. The van der Waals surface area contributed by atoms with E-state index in [9.17, 15) is 0 Å². The van der Waals surface area contributed by atoms with E-state index in [1.807, 2.05) is 0 Å². The lowest BCUT2D eigenvalue weighted by atomic mass is 10.1.